The third kappa shape index (κ3) is 5.63. The molecule has 9 heteroatoms. The molecule has 3 aromatic carbocycles. The van der Waals surface area contributed by atoms with Crippen molar-refractivity contribution in [1.82, 2.24) is 15.3 Å². The average molecular weight is 530 g/mol. The number of thioether (sulfide) groups is 1. The number of carbonyl (C=O) groups excluding carboxylic acids is 1. The quantitative estimate of drug-likeness (QED) is 0.284. The topological polar surface area (TPSA) is 111 Å². The number of carbonyl (C=O) groups is 2. The van der Waals surface area contributed by atoms with Crippen molar-refractivity contribution in [3.63, 3.8) is 0 Å². The van der Waals surface area contributed by atoms with Gasteiger partial charge in [0.05, 0.1) is 7.11 Å². The number of aryl methyl sites for hydroxylation is 1. The molecule has 38 heavy (non-hydrogen) atoms. The highest BCUT2D eigenvalue weighted by Crippen LogP contribution is 2.36. The van der Waals surface area contributed by atoms with Gasteiger partial charge in [-0.25, -0.2) is 9.78 Å². The molecule has 1 aromatic heterocycles. The van der Waals surface area contributed by atoms with E-state index in [-0.39, 0.29) is 11.9 Å². The molecular weight excluding hydrogens is 502 g/mol. The first-order valence-electron chi connectivity index (χ1n) is 11.7. The highest BCUT2D eigenvalue weighted by atomic mass is 32.2. The van der Waals surface area contributed by atoms with Crippen LogP contribution in [0.15, 0.2) is 95.9 Å². The molecule has 0 saturated heterocycles. The smallest absolute Gasteiger partial charge is 0.348 e. The van der Waals surface area contributed by atoms with Gasteiger partial charge in [-0.1, -0.05) is 60.7 Å². The number of rotatable bonds is 10. The van der Waals surface area contributed by atoms with Crippen molar-refractivity contribution in [3.8, 4) is 11.9 Å². The number of amides is 1. The van der Waals surface area contributed by atoms with Crippen LogP contribution in [-0.4, -0.2) is 46.4 Å². The Morgan fingerprint density at radius 2 is 1.50 bits per heavy atom. The van der Waals surface area contributed by atoms with Crippen molar-refractivity contribution in [3.05, 3.63) is 113 Å². The molecule has 0 aliphatic heterocycles. The van der Waals surface area contributed by atoms with E-state index in [4.69, 9.17) is 9.47 Å². The molecule has 0 aliphatic rings. The van der Waals surface area contributed by atoms with Gasteiger partial charge < -0.3 is 19.9 Å². The molecule has 0 saturated carbocycles. The van der Waals surface area contributed by atoms with E-state index in [2.05, 4.69) is 15.3 Å². The molecule has 8 nitrogen and oxygen atoms in total. The Morgan fingerprint density at radius 3 is 2.00 bits per heavy atom. The lowest BCUT2D eigenvalue weighted by molar-refractivity contribution is -0.148. The van der Waals surface area contributed by atoms with E-state index in [9.17, 15) is 14.7 Å². The molecular formula is C29H27N3O5S. The van der Waals surface area contributed by atoms with Crippen LogP contribution in [0.5, 0.6) is 11.9 Å². The van der Waals surface area contributed by atoms with Gasteiger partial charge in [-0.15, -0.1) is 11.8 Å². The molecule has 0 bridgehead atoms. The van der Waals surface area contributed by atoms with E-state index in [0.29, 0.717) is 22.4 Å². The third-order valence-corrected chi connectivity index (χ3v) is 6.72. The molecule has 0 radical (unpaired) electrons. The van der Waals surface area contributed by atoms with Gasteiger partial charge in [0.1, 0.15) is 5.54 Å². The molecule has 4 aromatic rings. The van der Waals surface area contributed by atoms with Crippen molar-refractivity contribution in [2.75, 3.05) is 13.4 Å². The summed E-state index contributed by atoms with van der Waals surface area (Å²) in [4.78, 5) is 36.2. The molecule has 194 valence electrons. The fraction of sp³-hybridized carbons (Fsp3) is 0.172. The van der Waals surface area contributed by atoms with Crippen LogP contribution in [0.3, 0.4) is 0 Å². The number of hydrogen-bond acceptors (Lipinski definition) is 7. The van der Waals surface area contributed by atoms with Crippen LogP contribution in [0.1, 0.15) is 27.2 Å². The van der Waals surface area contributed by atoms with E-state index in [1.54, 1.807) is 85.4 Å². The average Bonchev–Trinajstić information content (AvgIpc) is 2.95. The normalized spacial score (nSPS) is 11.9. The minimum Gasteiger partial charge on any atom is -0.481 e. The Hall–Kier alpha value is -4.37. The maximum atomic E-state index is 13.7. The predicted molar refractivity (Wildman–Crippen MR) is 145 cm³/mol. The molecule has 0 spiro atoms. The highest BCUT2D eigenvalue weighted by molar-refractivity contribution is 7.98. The maximum absolute atomic E-state index is 13.7. The van der Waals surface area contributed by atoms with Crippen molar-refractivity contribution >= 4 is 23.6 Å². The number of nitrogens with zero attached hydrogens (tertiary/aromatic N) is 2. The minimum atomic E-state index is -1.66. The molecule has 4 rings (SSSR count). The largest absolute Gasteiger partial charge is 0.481 e. The van der Waals surface area contributed by atoms with Gasteiger partial charge in [-0.3, -0.25) is 4.79 Å². The summed E-state index contributed by atoms with van der Waals surface area (Å²) in [5.41, 5.74) is 0.249. The minimum absolute atomic E-state index is 0.191. The monoisotopic (exact) mass is 529 g/mol. The van der Waals surface area contributed by atoms with Gasteiger partial charge in [0, 0.05) is 22.2 Å². The summed E-state index contributed by atoms with van der Waals surface area (Å²) in [6.45, 7) is 1.72. The second kappa shape index (κ2) is 11.8. The Bertz CT molecular complexity index is 1360. The van der Waals surface area contributed by atoms with Crippen molar-refractivity contribution in [2.45, 2.75) is 23.5 Å². The second-order valence-electron chi connectivity index (χ2n) is 8.39. The Balaban J connectivity index is 1.92. The zero-order valence-electron chi connectivity index (χ0n) is 21.1. The first-order valence-corrected chi connectivity index (χ1v) is 13.0. The summed E-state index contributed by atoms with van der Waals surface area (Å²) < 4.78 is 11.3. The van der Waals surface area contributed by atoms with Gasteiger partial charge >= 0.3 is 12.0 Å². The van der Waals surface area contributed by atoms with Crippen LogP contribution >= 0.6 is 11.8 Å². The summed E-state index contributed by atoms with van der Waals surface area (Å²) in [6, 6.07) is 26.2. The standard InChI is InChI=1S/C29H27N3O5S/c1-19-18-24(36-2)31-28(30-19)37-25(27(34)35)29(21-10-6-4-7-11-21,22-12-8-5-9-13-22)32-26(33)20-14-16-23(38-3)17-15-20/h4-18,25H,1-3H3,(H,32,33)(H,34,35). The first-order chi connectivity index (χ1) is 18.4. The zero-order chi connectivity index (χ0) is 27.1. The van der Waals surface area contributed by atoms with Gasteiger partial charge in [0.2, 0.25) is 12.0 Å². The Morgan fingerprint density at radius 1 is 0.921 bits per heavy atom. The van der Waals surface area contributed by atoms with Crippen molar-refractivity contribution < 1.29 is 24.2 Å². The van der Waals surface area contributed by atoms with Crippen LogP contribution in [0, 0.1) is 6.92 Å². The number of methoxy groups -OCH3 is 1. The van der Waals surface area contributed by atoms with Crippen LogP contribution < -0.4 is 14.8 Å². The molecule has 2 N–H and O–H groups in total. The summed E-state index contributed by atoms with van der Waals surface area (Å²) in [5, 5.41) is 13.6. The number of aliphatic carboxylic acids is 1. The SMILES string of the molecule is COc1cc(C)nc(OC(C(=O)O)C(NC(=O)c2ccc(SC)cc2)(c2ccccc2)c2ccccc2)n1. The van der Waals surface area contributed by atoms with Crippen LogP contribution in [0.25, 0.3) is 0 Å². The molecule has 1 heterocycles. The van der Waals surface area contributed by atoms with E-state index in [1.165, 1.54) is 7.11 Å². The van der Waals surface area contributed by atoms with Gasteiger partial charge in [0.25, 0.3) is 5.91 Å². The van der Waals surface area contributed by atoms with Gasteiger partial charge in [-0.2, -0.15) is 4.98 Å². The fourth-order valence-corrected chi connectivity index (χ4v) is 4.58. The summed E-state index contributed by atoms with van der Waals surface area (Å²) in [5.74, 6) is -1.57. The summed E-state index contributed by atoms with van der Waals surface area (Å²) in [6.07, 6.45) is 0.287. The van der Waals surface area contributed by atoms with E-state index in [1.807, 2.05) is 30.5 Å². The third-order valence-electron chi connectivity index (χ3n) is 5.98. The zero-order valence-corrected chi connectivity index (χ0v) is 21.9. The molecule has 1 unspecified atom stereocenters. The molecule has 1 atom stereocenters. The molecule has 1 amide bonds. The molecule has 0 fully saturated rings. The fourth-order valence-electron chi connectivity index (χ4n) is 4.18. The highest BCUT2D eigenvalue weighted by Gasteiger charge is 2.50. The molecule has 0 aliphatic carbocycles. The van der Waals surface area contributed by atoms with Crippen molar-refractivity contribution in [1.29, 1.82) is 0 Å². The van der Waals surface area contributed by atoms with Gasteiger partial charge in [-0.05, 0) is 48.6 Å². The van der Waals surface area contributed by atoms with Crippen LogP contribution in [0.4, 0.5) is 0 Å². The number of carboxylic acid groups (broad SMARTS) is 1. The number of benzene rings is 3. The van der Waals surface area contributed by atoms with E-state index >= 15 is 0 Å². The van der Waals surface area contributed by atoms with Crippen LogP contribution in [0.2, 0.25) is 0 Å². The Kier molecular flexibility index (Phi) is 8.28. The van der Waals surface area contributed by atoms with E-state index < -0.39 is 23.5 Å². The van der Waals surface area contributed by atoms with E-state index in [0.717, 1.165) is 4.90 Å². The maximum Gasteiger partial charge on any atom is 0.348 e. The van der Waals surface area contributed by atoms with Gasteiger partial charge in [0.15, 0.2) is 0 Å². The summed E-state index contributed by atoms with van der Waals surface area (Å²) in [7, 11) is 1.45. The number of hydrogen-bond donors (Lipinski definition) is 2. The summed E-state index contributed by atoms with van der Waals surface area (Å²) >= 11 is 1.56. The number of carboxylic acids is 1. The first kappa shape index (κ1) is 26.7. The predicted octanol–water partition coefficient (Wildman–Crippen LogP) is 4.72. The number of aromatic nitrogens is 2. The lowest BCUT2D eigenvalue weighted by Crippen LogP contribution is -2.60. The Labute approximate surface area is 225 Å². The number of nitrogens with one attached hydrogen (secondary N) is 1. The van der Waals surface area contributed by atoms with Crippen LogP contribution in [-0.2, 0) is 10.3 Å². The lowest BCUT2D eigenvalue weighted by atomic mass is 9.77. The second-order valence-corrected chi connectivity index (χ2v) is 9.27. The lowest BCUT2D eigenvalue weighted by Gasteiger charge is -2.39. The van der Waals surface area contributed by atoms with Crippen molar-refractivity contribution in [2.24, 2.45) is 0 Å². The number of ether oxygens (including phenoxy) is 2.